The molecule has 0 fully saturated rings. The standard InChI is InChI=1S/C8H9FN2/c9-6-2-1-5-3-4-11-8(5)7(6)10/h1-2,11H,3-4,10H2. The van der Waals surface area contributed by atoms with Crippen LogP contribution in [0.3, 0.4) is 0 Å². The second kappa shape index (κ2) is 2.12. The number of benzene rings is 1. The summed E-state index contributed by atoms with van der Waals surface area (Å²) in [4.78, 5) is 0. The number of hydrogen-bond acceptors (Lipinski definition) is 2. The Labute approximate surface area is 64.2 Å². The van der Waals surface area contributed by atoms with Crippen molar-refractivity contribution in [2.75, 3.05) is 17.6 Å². The van der Waals surface area contributed by atoms with E-state index in [1.54, 1.807) is 6.07 Å². The quantitative estimate of drug-likeness (QED) is 0.551. The first-order chi connectivity index (χ1) is 5.29. The number of anilines is 2. The molecule has 1 heterocycles. The van der Waals surface area contributed by atoms with Gasteiger partial charge in [0.25, 0.3) is 0 Å². The molecule has 1 aliphatic rings. The third-order valence-electron chi connectivity index (χ3n) is 1.97. The monoisotopic (exact) mass is 152 g/mol. The molecule has 3 heteroatoms. The molecule has 0 saturated heterocycles. The highest BCUT2D eigenvalue weighted by atomic mass is 19.1. The van der Waals surface area contributed by atoms with Crippen LogP contribution < -0.4 is 11.1 Å². The predicted octanol–water partition coefficient (Wildman–Crippen LogP) is 1.38. The Hall–Kier alpha value is -1.25. The Balaban J connectivity index is 2.62. The maximum Gasteiger partial charge on any atom is 0.148 e. The summed E-state index contributed by atoms with van der Waals surface area (Å²) in [5.74, 6) is -0.335. The number of halogens is 1. The molecule has 0 radical (unpaired) electrons. The van der Waals surface area contributed by atoms with E-state index in [1.807, 2.05) is 0 Å². The molecule has 0 bridgehead atoms. The molecular weight excluding hydrogens is 143 g/mol. The van der Waals surface area contributed by atoms with Gasteiger partial charge in [0.05, 0.1) is 11.4 Å². The van der Waals surface area contributed by atoms with Crippen LogP contribution >= 0.6 is 0 Å². The lowest BCUT2D eigenvalue weighted by molar-refractivity contribution is 0.633. The Morgan fingerprint density at radius 1 is 1.45 bits per heavy atom. The average molecular weight is 152 g/mol. The first kappa shape index (κ1) is 6.46. The van der Waals surface area contributed by atoms with Gasteiger partial charge in [0.1, 0.15) is 5.82 Å². The molecule has 3 N–H and O–H groups in total. The van der Waals surface area contributed by atoms with E-state index in [2.05, 4.69) is 5.32 Å². The van der Waals surface area contributed by atoms with Crippen molar-refractivity contribution in [1.29, 1.82) is 0 Å². The molecular formula is C8H9FN2. The SMILES string of the molecule is Nc1c(F)ccc2c1NCC2. The number of nitrogens with one attached hydrogen (secondary N) is 1. The molecule has 2 rings (SSSR count). The van der Waals surface area contributed by atoms with Crippen molar-refractivity contribution in [3.8, 4) is 0 Å². The van der Waals surface area contributed by atoms with E-state index >= 15 is 0 Å². The van der Waals surface area contributed by atoms with Gasteiger partial charge < -0.3 is 11.1 Å². The van der Waals surface area contributed by atoms with E-state index in [-0.39, 0.29) is 11.5 Å². The van der Waals surface area contributed by atoms with Crippen LogP contribution in [-0.4, -0.2) is 6.54 Å². The van der Waals surface area contributed by atoms with Crippen molar-refractivity contribution in [3.05, 3.63) is 23.5 Å². The van der Waals surface area contributed by atoms with Crippen LogP contribution in [0.15, 0.2) is 12.1 Å². The zero-order valence-electron chi connectivity index (χ0n) is 6.02. The molecule has 58 valence electrons. The van der Waals surface area contributed by atoms with Crippen LogP contribution in [-0.2, 0) is 6.42 Å². The lowest BCUT2D eigenvalue weighted by atomic mass is 10.1. The smallest absolute Gasteiger partial charge is 0.148 e. The highest BCUT2D eigenvalue weighted by Crippen LogP contribution is 2.30. The Morgan fingerprint density at radius 3 is 3.09 bits per heavy atom. The van der Waals surface area contributed by atoms with Gasteiger partial charge in [0, 0.05) is 6.54 Å². The molecule has 1 aliphatic heterocycles. The Kier molecular flexibility index (Phi) is 1.24. The van der Waals surface area contributed by atoms with Crippen molar-refractivity contribution in [3.63, 3.8) is 0 Å². The maximum absolute atomic E-state index is 12.8. The van der Waals surface area contributed by atoms with Gasteiger partial charge in [0.15, 0.2) is 0 Å². The fourth-order valence-corrected chi connectivity index (χ4v) is 1.38. The fourth-order valence-electron chi connectivity index (χ4n) is 1.38. The van der Waals surface area contributed by atoms with Crippen LogP contribution in [0, 0.1) is 5.82 Å². The van der Waals surface area contributed by atoms with Gasteiger partial charge in [0.2, 0.25) is 0 Å². The summed E-state index contributed by atoms with van der Waals surface area (Å²) in [7, 11) is 0. The number of nitrogen functional groups attached to an aromatic ring is 1. The van der Waals surface area contributed by atoms with E-state index in [9.17, 15) is 4.39 Å². The second-order valence-electron chi connectivity index (χ2n) is 2.67. The largest absolute Gasteiger partial charge is 0.395 e. The first-order valence-corrected chi connectivity index (χ1v) is 3.60. The van der Waals surface area contributed by atoms with Crippen LogP contribution in [0.25, 0.3) is 0 Å². The Morgan fingerprint density at radius 2 is 2.27 bits per heavy atom. The van der Waals surface area contributed by atoms with Gasteiger partial charge in [-0.25, -0.2) is 4.39 Å². The normalized spacial score (nSPS) is 14.3. The summed E-state index contributed by atoms with van der Waals surface area (Å²) in [6.45, 7) is 0.864. The minimum Gasteiger partial charge on any atom is -0.395 e. The maximum atomic E-state index is 12.8. The minimum absolute atomic E-state index is 0.250. The third kappa shape index (κ3) is 0.843. The number of hydrogen-bond donors (Lipinski definition) is 2. The molecule has 0 amide bonds. The molecule has 1 aromatic carbocycles. The summed E-state index contributed by atoms with van der Waals surface area (Å²) in [6, 6.07) is 3.20. The van der Waals surface area contributed by atoms with E-state index in [0.29, 0.717) is 0 Å². The highest BCUT2D eigenvalue weighted by Gasteiger charge is 2.14. The molecule has 0 aliphatic carbocycles. The van der Waals surface area contributed by atoms with E-state index in [1.165, 1.54) is 6.07 Å². The van der Waals surface area contributed by atoms with Crippen molar-refractivity contribution < 1.29 is 4.39 Å². The number of fused-ring (bicyclic) bond motifs is 1. The zero-order valence-corrected chi connectivity index (χ0v) is 6.02. The van der Waals surface area contributed by atoms with Crippen LogP contribution in [0.2, 0.25) is 0 Å². The minimum atomic E-state index is -0.335. The van der Waals surface area contributed by atoms with Crippen LogP contribution in [0.5, 0.6) is 0 Å². The van der Waals surface area contributed by atoms with Gasteiger partial charge in [-0.05, 0) is 18.1 Å². The van der Waals surface area contributed by atoms with Gasteiger partial charge in [-0.2, -0.15) is 0 Å². The van der Waals surface area contributed by atoms with Crippen LogP contribution in [0.4, 0.5) is 15.8 Å². The molecule has 11 heavy (non-hydrogen) atoms. The van der Waals surface area contributed by atoms with Crippen molar-refractivity contribution >= 4 is 11.4 Å². The van der Waals surface area contributed by atoms with Gasteiger partial charge in [-0.3, -0.25) is 0 Å². The summed E-state index contributed by atoms with van der Waals surface area (Å²) in [5.41, 5.74) is 7.64. The first-order valence-electron chi connectivity index (χ1n) is 3.60. The third-order valence-corrected chi connectivity index (χ3v) is 1.97. The summed E-state index contributed by atoms with van der Waals surface area (Å²) >= 11 is 0. The van der Waals surface area contributed by atoms with E-state index < -0.39 is 0 Å². The number of nitrogens with two attached hydrogens (primary N) is 1. The van der Waals surface area contributed by atoms with E-state index in [4.69, 9.17) is 5.73 Å². The predicted molar refractivity (Wildman–Crippen MR) is 43.0 cm³/mol. The van der Waals surface area contributed by atoms with Crippen molar-refractivity contribution in [2.24, 2.45) is 0 Å². The van der Waals surface area contributed by atoms with Crippen molar-refractivity contribution in [1.82, 2.24) is 0 Å². The summed E-state index contributed by atoms with van der Waals surface area (Å²) < 4.78 is 12.8. The van der Waals surface area contributed by atoms with Crippen LogP contribution in [0.1, 0.15) is 5.56 Å². The highest BCUT2D eigenvalue weighted by molar-refractivity contribution is 5.73. The summed E-state index contributed by atoms with van der Waals surface area (Å²) in [5, 5.41) is 3.04. The van der Waals surface area contributed by atoms with Gasteiger partial charge >= 0.3 is 0 Å². The van der Waals surface area contributed by atoms with E-state index in [0.717, 1.165) is 24.2 Å². The topological polar surface area (TPSA) is 38.0 Å². The van der Waals surface area contributed by atoms with Crippen molar-refractivity contribution in [2.45, 2.75) is 6.42 Å². The molecule has 2 nitrogen and oxygen atoms in total. The fraction of sp³-hybridized carbons (Fsp3) is 0.250. The Bertz CT molecular complexity index is 296. The molecule has 0 atom stereocenters. The lowest BCUT2D eigenvalue weighted by Gasteiger charge is -2.03. The zero-order chi connectivity index (χ0) is 7.84. The van der Waals surface area contributed by atoms with Gasteiger partial charge in [-0.1, -0.05) is 6.07 Å². The summed E-state index contributed by atoms with van der Waals surface area (Å²) in [6.07, 6.45) is 0.944. The molecule has 0 spiro atoms. The lowest BCUT2D eigenvalue weighted by Crippen LogP contribution is -1.97. The van der Waals surface area contributed by atoms with Gasteiger partial charge in [-0.15, -0.1) is 0 Å². The average Bonchev–Trinajstić information content (AvgIpc) is 2.45. The molecule has 0 aromatic heterocycles. The molecule has 1 aromatic rings. The molecule has 0 saturated carbocycles. The number of rotatable bonds is 0. The second-order valence-corrected chi connectivity index (χ2v) is 2.67. The molecule has 0 unspecified atom stereocenters.